The van der Waals surface area contributed by atoms with Crippen molar-refractivity contribution in [3.05, 3.63) is 0 Å². The van der Waals surface area contributed by atoms with E-state index in [1.54, 1.807) is 0 Å². The first-order valence-electron chi connectivity index (χ1n) is 5.95. The average molecular weight is 261 g/mol. The number of hydrogen-bond acceptors (Lipinski definition) is 4. The molecule has 18 heavy (non-hydrogen) atoms. The quantitative estimate of drug-likeness (QED) is 0.531. The molecule has 0 bridgehead atoms. The molecule has 0 saturated carbocycles. The first kappa shape index (κ1) is 16.7. The Bertz CT molecular complexity index is 261. The van der Waals surface area contributed by atoms with E-state index in [4.69, 9.17) is 9.84 Å². The van der Waals surface area contributed by atoms with Gasteiger partial charge in [-0.05, 0) is 13.6 Å². The number of aliphatic carboxylic acids is 1. The Hall–Kier alpha value is -1.34. The standard InChI is InChI=1S/C11H23N3O4/c1-4-14(2)7-6-12-11(17)13-9(10(15)16)5-8-18-3/h9H,4-8H2,1-3H3,(H,15,16)(H2,12,13,17). The minimum Gasteiger partial charge on any atom is -0.480 e. The first-order valence-corrected chi connectivity index (χ1v) is 5.95. The molecule has 106 valence electrons. The highest BCUT2D eigenvalue weighted by molar-refractivity contribution is 5.82. The molecule has 0 radical (unpaired) electrons. The maximum absolute atomic E-state index is 11.4. The highest BCUT2D eigenvalue weighted by Gasteiger charge is 2.19. The van der Waals surface area contributed by atoms with E-state index >= 15 is 0 Å². The number of hydrogen-bond donors (Lipinski definition) is 3. The number of nitrogens with zero attached hydrogens (tertiary/aromatic N) is 1. The molecule has 0 aromatic rings. The SMILES string of the molecule is CCN(C)CCNC(=O)NC(CCOC)C(=O)O. The Kier molecular flexibility index (Phi) is 8.95. The van der Waals surface area contributed by atoms with E-state index in [2.05, 4.69) is 10.6 Å². The van der Waals surface area contributed by atoms with Gasteiger partial charge < -0.3 is 25.4 Å². The number of rotatable bonds is 9. The monoisotopic (exact) mass is 261 g/mol. The Morgan fingerprint density at radius 1 is 1.44 bits per heavy atom. The number of carboxylic acids is 1. The second kappa shape index (κ2) is 9.67. The Morgan fingerprint density at radius 2 is 2.11 bits per heavy atom. The smallest absolute Gasteiger partial charge is 0.326 e. The summed E-state index contributed by atoms with van der Waals surface area (Å²) in [6.07, 6.45) is 0.244. The van der Waals surface area contributed by atoms with Gasteiger partial charge in [0.15, 0.2) is 0 Å². The number of carbonyl (C=O) groups is 2. The number of methoxy groups -OCH3 is 1. The van der Waals surface area contributed by atoms with Crippen LogP contribution in [0.4, 0.5) is 4.79 Å². The summed E-state index contributed by atoms with van der Waals surface area (Å²) in [6, 6.07) is -1.39. The predicted molar refractivity (Wildman–Crippen MR) is 67.6 cm³/mol. The van der Waals surface area contributed by atoms with Gasteiger partial charge in [-0.2, -0.15) is 0 Å². The van der Waals surface area contributed by atoms with Crippen LogP contribution in [-0.4, -0.2) is 68.4 Å². The van der Waals surface area contributed by atoms with Crippen LogP contribution < -0.4 is 10.6 Å². The van der Waals surface area contributed by atoms with Crippen LogP contribution >= 0.6 is 0 Å². The van der Waals surface area contributed by atoms with Crippen molar-refractivity contribution in [2.45, 2.75) is 19.4 Å². The van der Waals surface area contributed by atoms with Crippen molar-refractivity contribution in [1.29, 1.82) is 0 Å². The summed E-state index contributed by atoms with van der Waals surface area (Å²) in [6.45, 7) is 4.41. The zero-order chi connectivity index (χ0) is 14.0. The Labute approximate surface area is 107 Å². The second-order valence-electron chi connectivity index (χ2n) is 3.97. The molecule has 7 nitrogen and oxygen atoms in total. The van der Waals surface area contributed by atoms with Gasteiger partial charge in [0.25, 0.3) is 0 Å². The van der Waals surface area contributed by atoms with Gasteiger partial charge in [0, 0.05) is 33.2 Å². The lowest BCUT2D eigenvalue weighted by atomic mass is 10.2. The van der Waals surface area contributed by atoms with E-state index in [1.165, 1.54) is 7.11 Å². The van der Waals surface area contributed by atoms with Crippen LogP contribution in [0.3, 0.4) is 0 Å². The van der Waals surface area contributed by atoms with Gasteiger partial charge in [-0.1, -0.05) is 6.92 Å². The third-order valence-corrected chi connectivity index (χ3v) is 2.53. The third kappa shape index (κ3) is 7.86. The number of ether oxygens (including phenoxy) is 1. The summed E-state index contributed by atoms with van der Waals surface area (Å²) in [5.41, 5.74) is 0. The molecule has 3 N–H and O–H groups in total. The molecule has 0 fully saturated rings. The highest BCUT2D eigenvalue weighted by atomic mass is 16.5. The number of amides is 2. The molecule has 0 rings (SSSR count). The molecule has 1 unspecified atom stereocenters. The van der Waals surface area contributed by atoms with Gasteiger partial charge in [0.2, 0.25) is 0 Å². The molecular formula is C11H23N3O4. The second-order valence-corrected chi connectivity index (χ2v) is 3.97. The lowest BCUT2D eigenvalue weighted by Gasteiger charge is -2.17. The molecule has 0 saturated heterocycles. The van der Waals surface area contributed by atoms with Gasteiger partial charge in [-0.15, -0.1) is 0 Å². The van der Waals surface area contributed by atoms with Crippen molar-refractivity contribution in [3.63, 3.8) is 0 Å². The predicted octanol–water partition coefficient (Wildman–Crippen LogP) is -0.273. The molecule has 7 heteroatoms. The van der Waals surface area contributed by atoms with Crippen molar-refractivity contribution < 1.29 is 19.4 Å². The zero-order valence-corrected chi connectivity index (χ0v) is 11.2. The number of nitrogens with one attached hydrogen (secondary N) is 2. The van der Waals surface area contributed by atoms with Gasteiger partial charge in [-0.25, -0.2) is 9.59 Å². The Balaban J connectivity index is 3.91. The molecule has 0 aromatic heterocycles. The summed E-state index contributed by atoms with van der Waals surface area (Å²) in [5.74, 6) is -1.06. The number of urea groups is 1. The zero-order valence-electron chi connectivity index (χ0n) is 11.2. The van der Waals surface area contributed by atoms with Crippen LogP contribution in [0.1, 0.15) is 13.3 Å². The summed E-state index contributed by atoms with van der Waals surface area (Å²) in [5, 5.41) is 13.9. The van der Waals surface area contributed by atoms with E-state index in [1.807, 2.05) is 18.9 Å². The third-order valence-electron chi connectivity index (χ3n) is 2.53. The van der Waals surface area contributed by atoms with Crippen LogP contribution in [0.25, 0.3) is 0 Å². The molecule has 0 spiro atoms. The summed E-state index contributed by atoms with van der Waals surface area (Å²) in [4.78, 5) is 24.4. The fourth-order valence-corrected chi connectivity index (χ4v) is 1.22. The topological polar surface area (TPSA) is 90.9 Å². The fourth-order valence-electron chi connectivity index (χ4n) is 1.22. The average Bonchev–Trinajstić information content (AvgIpc) is 2.33. The highest BCUT2D eigenvalue weighted by Crippen LogP contribution is 1.93. The van der Waals surface area contributed by atoms with Crippen LogP contribution in [0.5, 0.6) is 0 Å². The minimum absolute atomic E-state index is 0.244. The largest absolute Gasteiger partial charge is 0.480 e. The van der Waals surface area contributed by atoms with Gasteiger partial charge >= 0.3 is 12.0 Å². The molecule has 0 aliphatic carbocycles. The van der Waals surface area contributed by atoms with Gasteiger partial charge in [0.1, 0.15) is 6.04 Å². The number of carbonyl (C=O) groups excluding carboxylic acids is 1. The van der Waals surface area contributed by atoms with E-state index in [0.29, 0.717) is 6.54 Å². The van der Waals surface area contributed by atoms with Crippen molar-refractivity contribution >= 4 is 12.0 Å². The number of likely N-dealkylation sites (N-methyl/N-ethyl adjacent to an activating group) is 1. The summed E-state index contributed by atoms with van der Waals surface area (Å²) < 4.78 is 4.79. The van der Waals surface area contributed by atoms with E-state index in [-0.39, 0.29) is 13.0 Å². The molecule has 0 aliphatic rings. The van der Waals surface area contributed by atoms with Crippen molar-refractivity contribution in [1.82, 2.24) is 15.5 Å². The lowest BCUT2D eigenvalue weighted by Crippen LogP contribution is -2.47. The summed E-state index contributed by atoms with van der Waals surface area (Å²) >= 11 is 0. The maximum atomic E-state index is 11.4. The summed E-state index contributed by atoms with van der Waals surface area (Å²) in [7, 11) is 3.43. The van der Waals surface area contributed by atoms with E-state index < -0.39 is 18.0 Å². The normalized spacial score (nSPS) is 12.2. The van der Waals surface area contributed by atoms with Crippen LogP contribution in [0.15, 0.2) is 0 Å². The van der Waals surface area contributed by atoms with Crippen molar-refractivity contribution in [2.24, 2.45) is 0 Å². The molecule has 0 aliphatic heterocycles. The van der Waals surface area contributed by atoms with Gasteiger partial charge in [0.05, 0.1) is 0 Å². The molecule has 2 amide bonds. The van der Waals surface area contributed by atoms with E-state index in [9.17, 15) is 9.59 Å². The van der Waals surface area contributed by atoms with Crippen LogP contribution in [0, 0.1) is 0 Å². The minimum atomic E-state index is -1.06. The fraction of sp³-hybridized carbons (Fsp3) is 0.818. The Morgan fingerprint density at radius 3 is 2.61 bits per heavy atom. The molecule has 0 aromatic carbocycles. The number of carboxylic acid groups (broad SMARTS) is 1. The van der Waals surface area contributed by atoms with Gasteiger partial charge in [-0.3, -0.25) is 0 Å². The molecule has 0 heterocycles. The van der Waals surface area contributed by atoms with Crippen LogP contribution in [0.2, 0.25) is 0 Å². The molecular weight excluding hydrogens is 238 g/mol. The van der Waals surface area contributed by atoms with Crippen LogP contribution in [-0.2, 0) is 9.53 Å². The maximum Gasteiger partial charge on any atom is 0.326 e. The van der Waals surface area contributed by atoms with E-state index in [0.717, 1.165) is 13.1 Å². The lowest BCUT2D eigenvalue weighted by molar-refractivity contribution is -0.139. The first-order chi connectivity index (χ1) is 8.51. The van der Waals surface area contributed by atoms with Crippen molar-refractivity contribution in [2.75, 3.05) is 40.4 Å². The van der Waals surface area contributed by atoms with Crippen molar-refractivity contribution in [3.8, 4) is 0 Å². The molecule has 1 atom stereocenters.